The first-order chi connectivity index (χ1) is 7.99. The Morgan fingerprint density at radius 3 is 2.76 bits per heavy atom. The highest BCUT2D eigenvalue weighted by atomic mass is 28.3. The largest absolute Gasteiger partial charge is 0.497 e. The monoisotopic (exact) mass is 244 g/mol. The lowest BCUT2D eigenvalue weighted by Crippen LogP contribution is -2.16. The van der Waals surface area contributed by atoms with Crippen molar-refractivity contribution in [3.8, 4) is 17.2 Å². The lowest BCUT2D eigenvalue weighted by molar-refractivity contribution is 0.414. The number of aromatic nitrogens is 2. The molecule has 0 aliphatic carbocycles. The maximum Gasteiger partial charge on any atom is 0.141 e. The van der Waals surface area contributed by atoms with Crippen molar-refractivity contribution in [3.63, 3.8) is 0 Å². The Kier molecular flexibility index (Phi) is 2.95. The van der Waals surface area contributed by atoms with Gasteiger partial charge in [-0.05, 0) is 6.07 Å². The molecule has 0 spiro atoms. The lowest BCUT2D eigenvalue weighted by Gasteiger charge is -2.03. The van der Waals surface area contributed by atoms with Crippen LogP contribution >= 0.6 is 0 Å². The Labute approximate surface area is 102 Å². The van der Waals surface area contributed by atoms with E-state index in [1.54, 1.807) is 7.11 Å². The SMILES string of the molecule is COc1ccn2c(C#C[Si](C)(C)C)cnc2c1. The van der Waals surface area contributed by atoms with E-state index in [2.05, 4.69) is 36.1 Å². The van der Waals surface area contributed by atoms with Gasteiger partial charge in [0.15, 0.2) is 0 Å². The summed E-state index contributed by atoms with van der Waals surface area (Å²) >= 11 is 0. The first-order valence-corrected chi connectivity index (χ1v) is 9.04. The average molecular weight is 244 g/mol. The number of methoxy groups -OCH3 is 1. The predicted molar refractivity (Wildman–Crippen MR) is 72.0 cm³/mol. The third kappa shape index (κ3) is 2.69. The van der Waals surface area contributed by atoms with Gasteiger partial charge in [0.25, 0.3) is 0 Å². The van der Waals surface area contributed by atoms with Crippen molar-refractivity contribution >= 4 is 13.7 Å². The quantitative estimate of drug-likeness (QED) is 0.569. The van der Waals surface area contributed by atoms with Crippen molar-refractivity contribution < 1.29 is 4.74 Å². The van der Waals surface area contributed by atoms with Crippen molar-refractivity contribution in [2.24, 2.45) is 0 Å². The number of nitrogens with zero attached hydrogens (tertiary/aromatic N) is 2. The minimum absolute atomic E-state index is 0.813. The van der Waals surface area contributed by atoms with E-state index in [9.17, 15) is 0 Å². The fraction of sp³-hybridized carbons (Fsp3) is 0.308. The molecule has 0 atom stereocenters. The van der Waals surface area contributed by atoms with Gasteiger partial charge in [0.2, 0.25) is 0 Å². The van der Waals surface area contributed by atoms with Crippen molar-refractivity contribution in [3.05, 3.63) is 30.2 Å². The van der Waals surface area contributed by atoms with Crippen molar-refractivity contribution in [1.82, 2.24) is 9.38 Å². The molecule has 0 saturated carbocycles. The molecule has 88 valence electrons. The van der Waals surface area contributed by atoms with E-state index >= 15 is 0 Å². The molecule has 0 saturated heterocycles. The number of hydrogen-bond acceptors (Lipinski definition) is 2. The van der Waals surface area contributed by atoms with E-state index in [4.69, 9.17) is 4.74 Å². The van der Waals surface area contributed by atoms with Gasteiger partial charge in [-0.1, -0.05) is 25.6 Å². The fourth-order valence-corrected chi connectivity index (χ4v) is 1.94. The molecule has 0 aliphatic rings. The molecule has 0 N–H and O–H groups in total. The molecule has 0 bridgehead atoms. The van der Waals surface area contributed by atoms with Crippen LogP contribution in [0.15, 0.2) is 24.5 Å². The van der Waals surface area contributed by atoms with Gasteiger partial charge in [-0.2, -0.15) is 0 Å². The third-order valence-corrected chi connectivity index (χ3v) is 3.16. The predicted octanol–water partition coefficient (Wildman–Crippen LogP) is 2.57. The van der Waals surface area contributed by atoms with Gasteiger partial charge in [-0.3, -0.25) is 4.40 Å². The molecule has 17 heavy (non-hydrogen) atoms. The molecule has 0 unspecified atom stereocenters. The Balaban J connectivity index is 2.46. The summed E-state index contributed by atoms with van der Waals surface area (Å²) in [6, 6.07) is 3.81. The zero-order valence-corrected chi connectivity index (χ0v) is 11.6. The van der Waals surface area contributed by atoms with Crippen LogP contribution in [0, 0.1) is 11.5 Å². The molecule has 3 nitrogen and oxygen atoms in total. The minimum atomic E-state index is -1.35. The van der Waals surface area contributed by atoms with Crippen LogP contribution < -0.4 is 4.74 Å². The zero-order valence-electron chi connectivity index (χ0n) is 10.6. The van der Waals surface area contributed by atoms with Gasteiger partial charge in [-0.15, -0.1) is 5.54 Å². The second kappa shape index (κ2) is 4.26. The van der Waals surface area contributed by atoms with E-state index in [0.29, 0.717) is 0 Å². The van der Waals surface area contributed by atoms with Crippen molar-refractivity contribution in [2.45, 2.75) is 19.6 Å². The Morgan fingerprint density at radius 2 is 2.12 bits per heavy atom. The van der Waals surface area contributed by atoms with Crippen molar-refractivity contribution in [2.75, 3.05) is 7.11 Å². The fourth-order valence-electron chi connectivity index (χ4n) is 1.43. The average Bonchev–Trinajstić information content (AvgIpc) is 2.67. The minimum Gasteiger partial charge on any atom is -0.497 e. The normalized spacial score (nSPS) is 11.1. The van der Waals surface area contributed by atoms with Gasteiger partial charge < -0.3 is 4.74 Å². The second-order valence-electron chi connectivity index (χ2n) is 4.94. The van der Waals surface area contributed by atoms with Gasteiger partial charge in [0.05, 0.1) is 13.3 Å². The Hall–Kier alpha value is -1.73. The van der Waals surface area contributed by atoms with E-state index in [-0.39, 0.29) is 0 Å². The van der Waals surface area contributed by atoms with Gasteiger partial charge >= 0.3 is 0 Å². The van der Waals surface area contributed by atoms with Crippen LogP contribution in [0.3, 0.4) is 0 Å². The molecule has 2 heterocycles. The molecular weight excluding hydrogens is 228 g/mol. The molecule has 0 aromatic carbocycles. The lowest BCUT2D eigenvalue weighted by atomic mass is 10.4. The van der Waals surface area contributed by atoms with Crippen LogP contribution in [0.5, 0.6) is 5.75 Å². The number of ether oxygens (including phenoxy) is 1. The Morgan fingerprint density at radius 1 is 1.35 bits per heavy atom. The van der Waals surface area contributed by atoms with Crippen LogP contribution in [0.4, 0.5) is 0 Å². The molecule has 4 heteroatoms. The maximum atomic E-state index is 5.16. The molecule has 2 rings (SSSR count). The molecule has 2 aromatic heterocycles. The van der Waals surface area contributed by atoms with Crippen LogP contribution in [0.1, 0.15) is 5.69 Å². The number of fused-ring (bicyclic) bond motifs is 1. The summed E-state index contributed by atoms with van der Waals surface area (Å²) in [4.78, 5) is 4.32. The Bertz CT molecular complexity index is 599. The van der Waals surface area contributed by atoms with Crippen molar-refractivity contribution in [1.29, 1.82) is 0 Å². The molecule has 0 radical (unpaired) electrons. The summed E-state index contributed by atoms with van der Waals surface area (Å²) in [5.41, 5.74) is 5.14. The number of rotatable bonds is 1. The van der Waals surface area contributed by atoms with Crippen LogP contribution in [0.2, 0.25) is 19.6 Å². The highest BCUT2D eigenvalue weighted by Gasteiger charge is 2.08. The first-order valence-electron chi connectivity index (χ1n) is 5.54. The van der Waals surface area contributed by atoms with Gasteiger partial charge in [0.1, 0.15) is 25.2 Å². The maximum absolute atomic E-state index is 5.16. The highest BCUT2D eigenvalue weighted by molar-refractivity contribution is 6.83. The van der Waals surface area contributed by atoms with Gasteiger partial charge in [0, 0.05) is 12.3 Å². The number of pyridine rings is 1. The zero-order chi connectivity index (χ0) is 12.5. The molecule has 2 aromatic rings. The summed E-state index contributed by atoms with van der Waals surface area (Å²) in [7, 11) is 0.308. The molecular formula is C13H16N2OSi. The molecule has 0 aliphatic heterocycles. The topological polar surface area (TPSA) is 26.5 Å². The number of imidazole rings is 1. The second-order valence-corrected chi connectivity index (χ2v) is 9.69. The standard InChI is InChI=1S/C13H16N2OSi/c1-16-12-5-7-15-11(6-8-17(2,3)4)10-14-13(15)9-12/h5,7,9-10H,1-4H3. The van der Waals surface area contributed by atoms with Crippen LogP contribution in [-0.2, 0) is 0 Å². The summed E-state index contributed by atoms with van der Waals surface area (Å²) in [5.74, 6) is 4.03. The third-order valence-electron chi connectivity index (χ3n) is 2.29. The summed E-state index contributed by atoms with van der Waals surface area (Å²) < 4.78 is 7.15. The van der Waals surface area contributed by atoms with E-state index in [1.807, 2.05) is 28.9 Å². The van der Waals surface area contributed by atoms with E-state index in [0.717, 1.165) is 17.1 Å². The smallest absolute Gasteiger partial charge is 0.141 e. The first kappa shape index (κ1) is 11.7. The van der Waals surface area contributed by atoms with Gasteiger partial charge in [-0.25, -0.2) is 4.98 Å². The summed E-state index contributed by atoms with van der Waals surface area (Å²) in [5, 5.41) is 0. The highest BCUT2D eigenvalue weighted by Crippen LogP contribution is 2.14. The van der Waals surface area contributed by atoms with Crippen LogP contribution in [0.25, 0.3) is 5.65 Å². The van der Waals surface area contributed by atoms with E-state index in [1.165, 1.54) is 0 Å². The van der Waals surface area contributed by atoms with Crippen LogP contribution in [-0.4, -0.2) is 24.6 Å². The van der Waals surface area contributed by atoms with E-state index < -0.39 is 8.07 Å². The number of hydrogen-bond donors (Lipinski definition) is 0. The summed E-state index contributed by atoms with van der Waals surface area (Å²) in [6.07, 6.45) is 3.75. The summed E-state index contributed by atoms with van der Waals surface area (Å²) in [6.45, 7) is 6.69. The molecule has 0 fully saturated rings. The molecule has 0 amide bonds.